The molecule has 2 N–H and O–H groups in total. The standard InChI is InChI=1S/C25H37ClN2O4/c1-5-7-8-9-10-11-12-15-32-18-13-14-19(20(26)16-18)23-21(24(29)31-6-2)22(17(3)4)27-25(30)28-23/h13-14,16-17,23H,5-12,15H2,1-4H3,(H2,27,28,30). The number of carbonyl (C=O) groups is 2. The topological polar surface area (TPSA) is 76.7 Å². The van der Waals surface area contributed by atoms with Crippen LogP contribution in [0, 0.1) is 5.92 Å². The van der Waals surface area contributed by atoms with Crippen LogP contribution in [0.4, 0.5) is 4.79 Å². The lowest BCUT2D eigenvalue weighted by Crippen LogP contribution is -2.47. The predicted octanol–water partition coefficient (Wildman–Crippen LogP) is 6.30. The number of urea groups is 1. The number of halogens is 1. The van der Waals surface area contributed by atoms with E-state index in [0.717, 1.165) is 12.8 Å². The van der Waals surface area contributed by atoms with Gasteiger partial charge in [-0.2, -0.15) is 0 Å². The molecule has 2 rings (SSSR count). The number of hydrogen-bond acceptors (Lipinski definition) is 4. The van der Waals surface area contributed by atoms with Crippen molar-refractivity contribution in [3.05, 3.63) is 40.1 Å². The Morgan fingerprint density at radius 3 is 2.41 bits per heavy atom. The number of esters is 1. The summed E-state index contributed by atoms with van der Waals surface area (Å²) >= 11 is 6.57. The maximum atomic E-state index is 12.7. The fourth-order valence-corrected chi connectivity index (χ4v) is 4.07. The minimum absolute atomic E-state index is 0.0636. The number of ether oxygens (including phenoxy) is 2. The minimum Gasteiger partial charge on any atom is -0.494 e. The number of carbonyl (C=O) groups excluding carboxylic acids is 2. The van der Waals surface area contributed by atoms with Gasteiger partial charge in [0.2, 0.25) is 0 Å². The third-order valence-electron chi connectivity index (χ3n) is 5.47. The Bertz CT molecular complexity index is 807. The van der Waals surface area contributed by atoms with Gasteiger partial charge in [-0.05, 0) is 37.0 Å². The van der Waals surface area contributed by atoms with Crippen molar-refractivity contribution < 1.29 is 19.1 Å². The molecule has 1 aliphatic heterocycles. The molecule has 1 unspecified atom stereocenters. The van der Waals surface area contributed by atoms with Gasteiger partial charge in [0, 0.05) is 10.7 Å². The molecule has 1 aromatic carbocycles. The van der Waals surface area contributed by atoms with Gasteiger partial charge in [0.25, 0.3) is 0 Å². The summed E-state index contributed by atoms with van der Waals surface area (Å²) in [5.41, 5.74) is 1.55. The second-order valence-electron chi connectivity index (χ2n) is 8.39. The molecular formula is C25H37ClN2O4. The normalized spacial score (nSPS) is 16.1. The van der Waals surface area contributed by atoms with Crippen molar-refractivity contribution in [3.63, 3.8) is 0 Å². The summed E-state index contributed by atoms with van der Waals surface area (Å²) in [5, 5.41) is 6.00. The van der Waals surface area contributed by atoms with Crippen LogP contribution >= 0.6 is 11.6 Å². The molecule has 178 valence electrons. The Balaban J connectivity index is 2.09. The smallest absolute Gasteiger partial charge is 0.338 e. The monoisotopic (exact) mass is 464 g/mol. The Hall–Kier alpha value is -2.21. The molecule has 0 aliphatic carbocycles. The van der Waals surface area contributed by atoms with E-state index in [1.807, 2.05) is 19.9 Å². The third-order valence-corrected chi connectivity index (χ3v) is 5.80. The number of allylic oxidation sites excluding steroid dienone is 1. The molecular weight excluding hydrogens is 428 g/mol. The fourth-order valence-electron chi connectivity index (χ4n) is 3.79. The molecule has 0 saturated heterocycles. The van der Waals surface area contributed by atoms with Gasteiger partial charge in [-0.1, -0.05) is 77.0 Å². The highest BCUT2D eigenvalue weighted by atomic mass is 35.5. The van der Waals surface area contributed by atoms with Crippen LogP contribution in [0.1, 0.15) is 84.2 Å². The average molecular weight is 465 g/mol. The molecule has 1 heterocycles. The molecule has 0 radical (unpaired) electrons. The maximum Gasteiger partial charge on any atom is 0.338 e. The molecule has 1 atom stereocenters. The molecule has 32 heavy (non-hydrogen) atoms. The summed E-state index contributed by atoms with van der Waals surface area (Å²) in [7, 11) is 0. The Kier molecular flexibility index (Phi) is 10.9. The third kappa shape index (κ3) is 7.44. The van der Waals surface area contributed by atoms with Gasteiger partial charge in [0.05, 0.1) is 24.8 Å². The highest BCUT2D eigenvalue weighted by molar-refractivity contribution is 6.31. The van der Waals surface area contributed by atoms with Gasteiger partial charge in [-0.3, -0.25) is 0 Å². The molecule has 7 heteroatoms. The first-order valence-corrected chi connectivity index (χ1v) is 12.2. The van der Waals surface area contributed by atoms with Crippen LogP contribution in [0.5, 0.6) is 5.75 Å². The maximum absolute atomic E-state index is 12.7. The zero-order valence-corrected chi connectivity index (χ0v) is 20.5. The van der Waals surface area contributed by atoms with Crippen molar-refractivity contribution in [2.45, 2.75) is 78.7 Å². The van der Waals surface area contributed by atoms with Gasteiger partial charge in [-0.25, -0.2) is 9.59 Å². The highest BCUT2D eigenvalue weighted by Gasteiger charge is 2.35. The summed E-state index contributed by atoms with van der Waals surface area (Å²) in [5.74, 6) is 0.145. The number of unbranched alkanes of at least 4 members (excludes halogenated alkanes) is 6. The number of benzene rings is 1. The summed E-state index contributed by atoms with van der Waals surface area (Å²) in [6.45, 7) is 8.69. The van der Waals surface area contributed by atoms with Crippen LogP contribution in [-0.2, 0) is 9.53 Å². The fraction of sp³-hybridized carbons (Fsp3) is 0.600. The van der Waals surface area contributed by atoms with Crippen molar-refractivity contribution in [1.29, 1.82) is 0 Å². The zero-order chi connectivity index (χ0) is 23.5. The first-order valence-electron chi connectivity index (χ1n) is 11.8. The highest BCUT2D eigenvalue weighted by Crippen LogP contribution is 2.35. The second kappa shape index (κ2) is 13.4. The molecule has 0 spiro atoms. The van der Waals surface area contributed by atoms with E-state index in [4.69, 9.17) is 21.1 Å². The van der Waals surface area contributed by atoms with Crippen molar-refractivity contribution in [2.24, 2.45) is 5.92 Å². The number of nitrogens with one attached hydrogen (secondary N) is 2. The number of amides is 2. The minimum atomic E-state index is -0.690. The quantitative estimate of drug-likeness (QED) is 0.265. The van der Waals surface area contributed by atoms with Crippen LogP contribution in [0.25, 0.3) is 0 Å². The van der Waals surface area contributed by atoms with Crippen molar-refractivity contribution in [2.75, 3.05) is 13.2 Å². The van der Waals surface area contributed by atoms with Crippen molar-refractivity contribution in [1.82, 2.24) is 10.6 Å². The van der Waals surface area contributed by atoms with Gasteiger partial charge >= 0.3 is 12.0 Å². The van der Waals surface area contributed by atoms with Gasteiger partial charge in [-0.15, -0.1) is 0 Å². The Labute approximate surface area is 197 Å². The zero-order valence-electron chi connectivity index (χ0n) is 19.8. The molecule has 0 bridgehead atoms. The van der Waals surface area contributed by atoms with E-state index in [1.165, 1.54) is 32.1 Å². The van der Waals surface area contributed by atoms with E-state index in [2.05, 4.69) is 17.6 Å². The van der Waals surface area contributed by atoms with E-state index in [0.29, 0.717) is 34.2 Å². The van der Waals surface area contributed by atoms with Crippen LogP contribution in [0.3, 0.4) is 0 Å². The van der Waals surface area contributed by atoms with Gasteiger partial charge in [0.1, 0.15) is 5.75 Å². The van der Waals surface area contributed by atoms with E-state index in [-0.39, 0.29) is 18.6 Å². The van der Waals surface area contributed by atoms with Crippen LogP contribution in [0.2, 0.25) is 5.02 Å². The summed E-state index contributed by atoms with van der Waals surface area (Å²) in [6, 6.07) is 4.31. The number of rotatable bonds is 13. The summed E-state index contributed by atoms with van der Waals surface area (Å²) < 4.78 is 11.1. The second-order valence-corrected chi connectivity index (χ2v) is 8.79. The lowest BCUT2D eigenvalue weighted by Gasteiger charge is -2.31. The van der Waals surface area contributed by atoms with E-state index < -0.39 is 12.0 Å². The van der Waals surface area contributed by atoms with E-state index >= 15 is 0 Å². The molecule has 2 amide bonds. The SMILES string of the molecule is CCCCCCCCCOc1ccc(C2NC(=O)NC(C(C)C)=C2C(=O)OCC)c(Cl)c1. The summed E-state index contributed by atoms with van der Waals surface area (Å²) in [6.07, 6.45) is 8.56. The lowest BCUT2D eigenvalue weighted by molar-refractivity contribution is -0.139. The summed E-state index contributed by atoms with van der Waals surface area (Å²) in [4.78, 5) is 25.0. The first kappa shape index (κ1) is 26.0. The molecule has 1 aliphatic rings. The van der Waals surface area contributed by atoms with Crippen LogP contribution < -0.4 is 15.4 Å². The van der Waals surface area contributed by atoms with Gasteiger partial charge < -0.3 is 20.1 Å². The lowest BCUT2D eigenvalue weighted by atomic mass is 9.91. The Morgan fingerprint density at radius 1 is 1.09 bits per heavy atom. The predicted molar refractivity (Wildman–Crippen MR) is 128 cm³/mol. The van der Waals surface area contributed by atoms with Crippen molar-refractivity contribution >= 4 is 23.6 Å². The molecule has 1 aromatic rings. The van der Waals surface area contributed by atoms with Gasteiger partial charge in [0.15, 0.2) is 0 Å². The molecule has 0 saturated carbocycles. The van der Waals surface area contributed by atoms with E-state index in [1.54, 1.807) is 19.1 Å². The molecule has 0 fully saturated rings. The largest absolute Gasteiger partial charge is 0.494 e. The van der Waals surface area contributed by atoms with E-state index in [9.17, 15) is 9.59 Å². The van der Waals surface area contributed by atoms with Crippen LogP contribution in [-0.4, -0.2) is 25.2 Å². The Morgan fingerprint density at radius 2 is 1.78 bits per heavy atom. The average Bonchev–Trinajstić information content (AvgIpc) is 2.75. The van der Waals surface area contributed by atoms with Crippen LogP contribution in [0.15, 0.2) is 29.5 Å². The number of hydrogen-bond donors (Lipinski definition) is 2. The van der Waals surface area contributed by atoms with Crippen molar-refractivity contribution in [3.8, 4) is 5.75 Å². The molecule has 6 nitrogen and oxygen atoms in total. The molecule has 0 aromatic heterocycles. The first-order chi connectivity index (χ1) is 15.4.